The smallest absolute Gasteiger partial charge is 0.144 e. The van der Waals surface area contributed by atoms with Crippen LogP contribution in [-0.2, 0) is 16.6 Å². The van der Waals surface area contributed by atoms with E-state index in [-0.39, 0.29) is 5.78 Å². The number of hydrogen-bond donors (Lipinski definition) is 2. The van der Waals surface area contributed by atoms with Crippen molar-refractivity contribution in [2.24, 2.45) is 0 Å². The van der Waals surface area contributed by atoms with Crippen molar-refractivity contribution in [3.05, 3.63) is 23.3 Å². The zero-order chi connectivity index (χ0) is 12.6. The van der Waals surface area contributed by atoms with Gasteiger partial charge in [-0.2, -0.15) is 0 Å². The Labute approximate surface area is 101 Å². The third kappa shape index (κ3) is 1.78. The molecule has 0 aromatic heterocycles. The highest BCUT2D eigenvalue weighted by Gasteiger charge is 2.35. The largest absolute Gasteiger partial charge is 0.494 e. The molecule has 4 heteroatoms. The second-order valence-corrected chi connectivity index (χ2v) is 4.87. The zero-order valence-electron chi connectivity index (χ0n) is 10.3. The molecule has 1 aliphatic rings. The number of rotatable bonds is 2. The number of hydrogen-bond acceptors (Lipinski definition) is 4. The van der Waals surface area contributed by atoms with E-state index < -0.39 is 5.41 Å². The molecule has 0 saturated heterocycles. The molecule has 0 aliphatic heterocycles. The number of ketones is 1. The van der Waals surface area contributed by atoms with Gasteiger partial charge < -0.3 is 4.74 Å². The molecule has 0 fully saturated rings. The van der Waals surface area contributed by atoms with E-state index in [0.29, 0.717) is 17.9 Å². The molecule has 0 saturated carbocycles. The van der Waals surface area contributed by atoms with Crippen molar-refractivity contribution in [1.29, 1.82) is 0 Å². The minimum absolute atomic E-state index is 0.247. The highest BCUT2D eigenvalue weighted by molar-refractivity contribution is 5.92. The van der Waals surface area contributed by atoms with E-state index >= 15 is 0 Å². The number of carbonyl (C=O) groups is 1. The van der Waals surface area contributed by atoms with E-state index in [1.54, 1.807) is 7.11 Å². The fourth-order valence-electron chi connectivity index (χ4n) is 2.38. The summed E-state index contributed by atoms with van der Waals surface area (Å²) in [5.41, 5.74) is 4.27. The highest BCUT2D eigenvalue weighted by Crippen LogP contribution is 2.39. The Morgan fingerprint density at radius 1 is 1.35 bits per heavy atom. The van der Waals surface area contributed by atoms with Crippen LogP contribution >= 0.6 is 0 Å². The molecule has 1 aliphatic carbocycles. The van der Waals surface area contributed by atoms with Gasteiger partial charge in [0.2, 0.25) is 0 Å². The van der Waals surface area contributed by atoms with E-state index in [9.17, 15) is 4.79 Å². The number of nitrogens with one attached hydrogen (secondary N) is 1. The average molecular weight is 235 g/mol. The van der Waals surface area contributed by atoms with Crippen LogP contribution in [0.4, 0.5) is 5.69 Å². The Morgan fingerprint density at radius 2 is 2.06 bits per heavy atom. The maximum absolute atomic E-state index is 11.9. The van der Waals surface area contributed by atoms with Gasteiger partial charge >= 0.3 is 0 Å². The molecule has 0 atom stereocenters. The number of methoxy groups -OCH3 is 1. The zero-order valence-corrected chi connectivity index (χ0v) is 10.3. The minimum atomic E-state index is -0.477. The fourth-order valence-corrected chi connectivity index (χ4v) is 2.38. The summed E-state index contributed by atoms with van der Waals surface area (Å²) in [4.78, 5) is 11.9. The van der Waals surface area contributed by atoms with Gasteiger partial charge in [0.25, 0.3) is 0 Å². The molecule has 0 bridgehead atoms. The summed E-state index contributed by atoms with van der Waals surface area (Å²) in [6.45, 7) is 3.86. The van der Waals surface area contributed by atoms with Gasteiger partial charge in [-0.3, -0.25) is 15.5 Å². The summed E-state index contributed by atoms with van der Waals surface area (Å²) in [6, 6.07) is 3.69. The lowest BCUT2D eigenvalue weighted by atomic mass is 9.71. The van der Waals surface area contributed by atoms with E-state index in [1.807, 2.05) is 26.0 Å². The molecule has 1 aromatic carbocycles. The lowest BCUT2D eigenvalue weighted by Gasteiger charge is -2.31. The number of anilines is 1. The molecule has 0 radical (unpaired) electrons. The molecule has 2 N–H and O–H groups in total. The second-order valence-electron chi connectivity index (χ2n) is 4.87. The summed E-state index contributed by atoms with van der Waals surface area (Å²) in [6.07, 6.45) is 1.27. The standard InChI is InChI=1S/C13H17NO3/c1-13(2)9-7-11(17-3)10(14-16)6-8(9)4-5-12(13)15/h6-7,14,16H,4-5H2,1-3H3. The summed E-state index contributed by atoms with van der Waals surface area (Å²) in [5, 5.41) is 9.04. The van der Waals surface area contributed by atoms with E-state index in [1.165, 1.54) is 0 Å². The third-order valence-corrected chi connectivity index (χ3v) is 3.54. The fraction of sp³-hybridized carbons (Fsp3) is 0.462. The molecule has 17 heavy (non-hydrogen) atoms. The molecule has 92 valence electrons. The summed E-state index contributed by atoms with van der Waals surface area (Å²) in [7, 11) is 1.54. The van der Waals surface area contributed by atoms with Crippen LogP contribution in [-0.4, -0.2) is 18.1 Å². The molecule has 0 unspecified atom stereocenters. The Balaban J connectivity index is 2.61. The lowest BCUT2D eigenvalue weighted by Crippen LogP contribution is -2.34. The van der Waals surface area contributed by atoms with Gasteiger partial charge in [-0.15, -0.1) is 0 Å². The summed E-state index contributed by atoms with van der Waals surface area (Å²) < 4.78 is 5.20. The molecule has 0 spiro atoms. The van der Waals surface area contributed by atoms with Crippen LogP contribution in [0.5, 0.6) is 5.75 Å². The predicted molar refractivity (Wildman–Crippen MR) is 64.8 cm³/mol. The van der Waals surface area contributed by atoms with E-state index in [4.69, 9.17) is 9.94 Å². The molecule has 2 rings (SSSR count). The van der Waals surface area contributed by atoms with Gasteiger partial charge in [-0.1, -0.05) is 0 Å². The first-order valence-electron chi connectivity index (χ1n) is 5.65. The van der Waals surface area contributed by atoms with Crippen LogP contribution in [0.1, 0.15) is 31.4 Å². The normalized spacial score (nSPS) is 17.5. The Kier molecular flexibility index (Phi) is 2.83. The molecular formula is C13H17NO3. The molecular weight excluding hydrogens is 218 g/mol. The van der Waals surface area contributed by atoms with Gasteiger partial charge in [0.15, 0.2) is 0 Å². The minimum Gasteiger partial charge on any atom is -0.494 e. The van der Waals surface area contributed by atoms with Gasteiger partial charge in [0.05, 0.1) is 7.11 Å². The van der Waals surface area contributed by atoms with Crippen molar-refractivity contribution in [3.63, 3.8) is 0 Å². The van der Waals surface area contributed by atoms with Gasteiger partial charge in [-0.25, -0.2) is 0 Å². The Hall–Kier alpha value is -1.55. The maximum atomic E-state index is 11.9. The van der Waals surface area contributed by atoms with Crippen LogP contribution in [0.2, 0.25) is 0 Å². The van der Waals surface area contributed by atoms with Crippen LogP contribution < -0.4 is 10.2 Å². The summed E-state index contributed by atoms with van der Waals surface area (Å²) >= 11 is 0. The number of aryl methyl sites for hydroxylation is 1. The van der Waals surface area contributed by atoms with Crippen molar-refractivity contribution in [2.75, 3.05) is 12.6 Å². The van der Waals surface area contributed by atoms with Crippen molar-refractivity contribution in [3.8, 4) is 5.75 Å². The monoisotopic (exact) mass is 235 g/mol. The number of ether oxygens (including phenoxy) is 1. The first-order valence-corrected chi connectivity index (χ1v) is 5.65. The topological polar surface area (TPSA) is 58.6 Å². The Morgan fingerprint density at radius 3 is 2.65 bits per heavy atom. The van der Waals surface area contributed by atoms with Crippen LogP contribution in [0.25, 0.3) is 0 Å². The van der Waals surface area contributed by atoms with Crippen LogP contribution in [0, 0.1) is 0 Å². The third-order valence-electron chi connectivity index (χ3n) is 3.54. The number of benzene rings is 1. The van der Waals surface area contributed by atoms with Crippen LogP contribution in [0.15, 0.2) is 12.1 Å². The lowest BCUT2D eigenvalue weighted by molar-refractivity contribution is -0.124. The average Bonchev–Trinajstić information content (AvgIpc) is 2.33. The van der Waals surface area contributed by atoms with E-state index in [2.05, 4.69) is 5.48 Å². The predicted octanol–water partition coefficient (Wildman–Crippen LogP) is 2.29. The molecule has 0 amide bonds. The Bertz CT molecular complexity index is 466. The van der Waals surface area contributed by atoms with Crippen molar-refractivity contribution in [1.82, 2.24) is 0 Å². The van der Waals surface area contributed by atoms with E-state index in [0.717, 1.165) is 17.5 Å². The quantitative estimate of drug-likeness (QED) is 0.772. The van der Waals surface area contributed by atoms with Gasteiger partial charge in [-0.05, 0) is 43.5 Å². The van der Waals surface area contributed by atoms with Gasteiger partial charge in [0, 0.05) is 11.8 Å². The SMILES string of the molecule is COc1cc2c(cc1NO)CCC(=O)C2(C)C. The molecule has 1 aromatic rings. The first-order chi connectivity index (χ1) is 8.00. The van der Waals surface area contributed by atoms with Crippen molar-refractivity contribution in [2.45, 2.75) is 32.1 Å². The number of fused-ring (bicyclic) bond motifs is 1. The van der Waals surface area contributed by atoms with Crippen molar-refractivity contribution < 1.29 is 14.7 Å². The maximum Gasteiger partial charge on any atom is 0.144 e. The summed E-state index contributed by atoms with van der Waals surface area (Å²) in [5.74, 6) is 0.797. The first kappa shape index (κ1) is 11.9. The molecule has 4 nitrogen and oxygen atoms in total. The molecule has 0 heterocycles. The number of Topliss-reactive ketones (excluding diaryl/α,β-unsaturated/α-hetero) is 1. The van der Waals surface area contributed by atoms with Gasteiger partial charge in [0.1, 0.15) is 17.2 Å². The van der Waals surface area contributed by atoms with Crippen LogP contribution in [0.3, 0.4) is 0 Å². The van der Waals surface area contributed by atoms with Crippen molar-refractivity contribution >= 4 is 11.5 Å². The second kappa shape index (κ2) is 4.04. The highest BCUT2D eigenvalue weighted by atomic mass is 16.5. The number of carbonyl (C=O) groups excluding carboxylic acids is 1.